The maximum atomic E-state index is 9.56. The van der Waals surface area contributed by atoms with Crippen molar-refractivity contribution in [2.75, 3.05) is 19.7 Å². The average Bonchev–Trinajstić information content (AvgIpc) is 2.35. The summed E-state index contributed by atoms with van der Waals surface area (Å²) in [5, 5.41) is 18.9. The number of hydrogen-bond donors (Lipinski definition) is 2. The highest BCUT2D eigenvalue weighted by molar-refractivity contribution is 4.80. The predicted octanol–water partition coefficient (Wildman–Crippen LogP) is 2.16. The zero-order valence-electron chi connectivity index (χ0n) is 11.3. The van der Waals surface area contributed by atoms with E-state index in [-0.39, 0.29) is 18.8 Å². The second-order valence-corrected chi connectivity index (χ2v) is 5.32. The minimum atomic E-state index is -0.201. The Morgan fingerprint density at radius 3 is 2.53 bits per heavy atom. The maximum absolute atomic E-state index is 9.56. The first-order chi connectivity index (χ1) is 8.27. The lowest BCUT2D eigenvalue weighted by Crippen LogP contribution is -2.46. The summed E-state index contributed by atoms with van der Waals surface area (Å²) in [6.07, 6.45) is 9.30. The van der Waals surface area contributed by atoms with Crippen molar-refractivity contribution in [1.82, 2.24) is 4.90 Å². The third-order valence-electron chi connectivity index (χ3n) is 3.82. The number of piperidine rings is 1. The molecule has 3 nitrogen and oxygen atoms in total. The topological polar surface area (TPSA) is 43.7 Å². The van der Waals surface area contributed by atoms with Crippen molar-refractivity contribution in [2.45, 2.75) is 70.4 Å². The fourth-order valence-electron chi connectivity index (χ4n) is 2.66. The molecule has 2 unspecified atom stereocenters. The molecule has 0 aromatic carbocycles. The van der Waals surface area contributed by atoms with E-state index in [9.17, 15) is 10.2 Å². The van der Waals surface area contributed by atoms with Gasteiger partial charge in [0.15, 0.2) is 0 Å². The molecule has 102 valence electrons. The summed E-state index contributed by atoms with van der Waals surface area (Å²) in [6.45, 7) is 4.46. The van der Waals surface area contributed by atoms with Gasteiger partial charge in [-0.1, -0.05) is 39.0 Å². The van der Waals surface area contributed by atoms with Crippen molar-refractivity contribution in [3.63, 3.8) is 0 Å². The van der Waals surface area contributed by atoms with Gasteiger partial charge in [0.25, 0.3) is 0 Å². The molecule has 0 radical (unpaired) electrons. The number of nitrogens with zero attached hydrogens (tertiary/aromatic N) is 1. The second-order valence-electron chi connectivity index (χ2n) is 5.32. The van der Waals surface area contributed by atoms with Crippen molar-refractivity contribution in [2.24, 2.45) is 0 Å². The van der Waals surface area contributed by atoms with E-state index in [2.05, 4.69) is 11.8 Å². The van der Waals surface area contributed by atoms with Crippen molar-refractivity contribution in [3.8, 4) is 0 Å². The van der Waals surface area contributed by atoms with Crippen molar-refractivity contribution >= 4 is 0 Å². The molecule has 1 aliphatic heterocycles. The maximum Gasteiger partial charge on any atom is 0.0587 e. The van der Waals surface area contributed by atoms with Crippen LogP contribution < -0.4 is 0 Å². The van der Waals surface area contributed by atoms with Crippen LogP contribution in [0.5, 0.6) is 0 Å². The first-order valence-corrected chi connectivity index (χ1v) is 7.31. The van der Waals surface area contributed by atoms with Gasteiger partial charge in [-0.05, 0) is 25.8 Å². The van der Waals surface area contributed by atoms with Crippen molar-refractivity contribution < 1.29 is 10.2 Å². The van der Waals surface area contributed by atoms with E-state index in [0.29, 0.717) is 0 Å². The molecule has 0 aliphatic carbocycles. The summed E-state index contributed by atoms with van der Waals surface area (Å²) in [4.78, 5) is 2.35. The lowest BCUT2D eigenvalue weighted by molar-refractivity contribution is 0.0163. The van der Waals surface area contributed by atoms with Crippen LogP contribution >= 0.6 is 0 Å². The fourth-order valence-corrected chi connectivity index (χ4v) is 2.66. The molecule has 1 heterocycles. The van der Waals surface area contributed by atoms with E-state index >= 15 is 0 Å². The molecule has 17 heavy (non-hydrogen) atoms. The van der Waals surface area contributed by atoms with Crippen LogP contribution in [0.1, 0.15) is 58.3 Å². The molecule has 0 saturated carbocycles. The Bertz CT molecular complexity index is 187. The molecule has 1 aliphatic rings. The van der Waals surface area contributed by atoms with Gasteiger partial charge in [-0.3, -0.25) is 4.90 Å². The van der Waals surface area contributed by atoms with Gasteiger partial charge in [0, 0.05) is 12.6 Å². The van der Waals surface area contributed by atoms with Gasteiger partial charge in [-0.25, -0.2) is 0 Å². The van der Waals surface area contributed by atoms with E-state index in [0.717, 1.165) is 25.9 Å². The summed E-state index contributed by atoms with van der Waals surface area (Å²) in [5.41, 5.74) is 0. The number of aliphatic hydroxyl groups excluding tert-OH is 2. The van der Waals surface area contributed by atoms with Crippen LogP contribution in [0.25, 0.3) is 0 Å². The summed E-state index contributed by atoms with van der Waals surface area (Å²) in [7, 11) is 0. The van der Waals surface area contributed by atoms with E-state index in [1.165, 1.54) is 38.5 Å². The third kappa shape index (κ3) is 5.84. The highest BCUT2D eigenvalue weighted by Crippen LogP contribution is 2.18. The van der Waals surface area contributed by atoms with Gasteiger partial charge in [0.2, 0.25) is 0 Å². The highest BCUT2D eigenvalue weighted by atomic mass is 16.3. The number of rotatable bonds is 8. The zero-order valence-corrected chi connectivity index (χ0v) is 11.3. The molecule has 1 rings (SSSR count). The molecule has 1 saturated heterocycles. The molecule has 2 atom stereocenters. The molecule has 2 N–H and O–H groups in total. The molecule has 0 aromatic rings. The minimum absolute atomic E-state index is 0.187. The molecular formula is C14H29NO2. The van der Waals surface area contributed by atoms with Crippen molar-refractivity contribution in [1.29, 1.82) is 0 Å². The molecular weight excluding hydrogens is 214 g/mol. The molecule has 0 bridgehead atoms. The normalized spacial score (nSPS) is 26.3. The third-order valence-corrected chi connectivity index (χ3v) is 3.82. The van der Waals surface area contributed by atoms with Crippen LogP contribution in [-0.4, -0.2) is 47.0 Å². The molecule has 3 heteroatoms. The number of likely N-dealkylation sites (tertiary alicyclic amines) is 1. The quantitative estimate of drug-likeness (QED) is 0.642. The van der Waals surface area contributed by atoms with Crippen LogP contribution in [0.15, 0.2) is 0 Å². The van der Waals surface area contributed by atoms with Gasteiger partial charge < -0.3 is 10.2 Å². The van der Waals surface area contributed by atoms with Crippen LogP contribution in [0.4, 0.5) is 0 Å². The molecule has 0 spiro atoms. The molecule has 0 amide bonds. The SMILES string of the molecule is CCCCCCCCN1CCC(O)CC1CO. The lowest BCUT2D eigenvalue weighted by atomic mass is 9.99. The summed E-state index contributed by atoms with van der Waals surface area (Å²) in [5.74, 6) is 0. The zero-order chi connectivity index (χ0) is 12.5. The van der Waals surface area contributed by atoms with E-state index in [4.69, 9.17) is 0 Å². The second kappa shape index (κ2) is 8.90. The van der Waals surface area contributed by atoms with Gasteiger partial charge in [0.05, 0.1) is 12.7 Å². The van der Waals surface area contributed by atoms with Crippen LogP contribution in [-0.2, 0) is 0 Å². The number of hydrogen-bond acceptors (Lipinski definition) is 3. The summed E-state index contributed by atoms with van der Waals surface area (Å²) >= 11 is 0. The largest absolute Gasteiger partial charge is 0.395 e. The minimum Gasteiger partial charge on any atom is -0.395 e. The smallest absolute Gasteiger partial charge is 0.0587 e. The summed E-state index contributed by atoms with van der Waals surface area (Å²) in [6, 6.07) is 0.189. The van der Waals surface area contributed by atoms with Gasteiger partial charge >= 0.3 is 0 Å². The van der Waals surface area contributed by atoms with E-state index < -0.39 is 0 Å². The first kappa shape index (κ1) is 14.9. The van der Waals surface area contributed by atoms with Crippen LogP contribution in [0.2, 0.25) is 0 Å². The lowest BCUT2D eigenvalue weighted by Gasteiger charge is -2.36. The number of aliphatic hydroxyl groups is 2. The Morgan fingerprint density at radius 1 is 1.12 bits per heavy atom. The number of unbranched alkanes of at least 4 members (excludes halogenated alkanes) is 5. The molecule has 1 fully saturated rings. The fraction of sp³-hybridized carbons (Fsp3) is 1.00. The van der Waals surface area contributed by atoms with E-state index in [1.807, 2.05) is 0 Å². The van der Waals surface area contributed by atoms with Crippen LogP contribution in [0.3, 0.4) is 0 Å². The highest BCUT2D eigenvalue weighted by Gasteiger charge is 2.25. The molecule has 0 aromatic heterocycles. The Morgan fingerprint density at radius 2 is 1.82 bits per heavy atom. The van der Waals surface area contributed by atoms with Crippen molar-refractivity contribution in [3.05, 3.63) is 0 Å². The Kier molecular flexibility index (Phi) is 7.82. The summed E-state index contributed by atoms with van der Waals surface area (Å²) < 4.78 is 0. The van der Waals surface area contributed by atoms with Crippen LogP contribution in [0, 0.1) is 0 Å². The first-order valence-electron chi connectivity index (χ1n) is 7.31. The Labute approximate surface area is 106 Å². The Hall–Kier alpha value is -0.120. The predicted molar refractivity (Wildman–Crippen MR) is 71.1 cm³/mol. The van der Waals surface area contributed by atoms with Gasteiger partial charge in [-0.15, -0.1) is 0 Å². The standard InChI is InChI=1S/C14H29NO2/c1-2-3-4-5-6-7-9-15-10-8-14(17)11-13(15)12-16/h13-14,16-17H,2-12H2,1H3. The average molecular weight is 243 g/mol. The van der Waals surface area contributed by atoms with Gasteiger partial charge in [-0.2, -0.15) is 0 Å². The van der Waals surface area contributed by atoms with Gasteiger partial charge in [0.1, 0.15) is 0 Å². The van der Waals surface area contributed by atoms with E-state index in [1.54, 1.807) is 0 Å². The Balaban J connectivity index is 2.08. The monoisotopic (exact) mass is 243 g/mol.